The van der Waals surface area contributed by atoms with Crippen LogP contribution in [0.2, 0.25) is 0 Å². The minimum atomic E-state index is -0.430. The number of carbonyl (C=O) groups excluding carboxylic acids is 1. The quantitative estimate of drug-likeness (QED) is 0.867. The van der Waals surface area contributed by atoms with Gasteiger partial charge in [0.2, 0.25) is 0 Å². The van der Waals surface area contributed by atoms with Crippen LogP contribution in [0.4, 0.5) is 4.79 Å². The van der Waals surface area contributed by atoms with Gasteiger partial charge in [-0.15, -0.1) is 0 Å². The van der Waals surface area contributed by atoms with Crippen molar-refractivity contribution in [2.24, 2.45) is 0 Å². The highest BCUT2D eigenvalue weighted by Gasteiger charge is 2.55. The lowest BCUT2D eigenvalue weighted by molar-refractivity contribution is 0.00459. The molecule has 3 aliphatic rings. The minimum absolute atomic E-state index is 0.0473. The Balaban J connectivity index is 1.67. The number of ether oxygens (including phenoxy) is 2. The molecule has 0 aromatic rings. The van der Waals surface area contributed by atoms with Crippen molar-refractivity contribution < 1.29 is 14.3 Å². The first-order valence-corrected chi connectivity index (χ1v) is 9.08. The van der Waals surface area contributed by atoms with Gasteiger partial charge in [-0.25, -0.2) is 4.79 Å². The lowest BCUT2D eigenvalue weighted by Gasteiger charge is -2.41. The first-order valence-electron chi connectivity index (χ1n) is 9.08. The summed E-state index contributed by atoms with van der Waals surface area (Å²) in [7, 11) is 0. The van der Waals surface area contributed by atoms with Crippen LogP contribution < -0.4 is 5.32 Å². The lowest BCUT2D eigenvalue weighted by atomic mass is 9.85. The van der Waals surface area contributed by atoms with E-state index in [1.807, 2.05) is 20.8 Å². The summed E-state index contributed by atoms with van der Waals surface area (Å²) < 4.78 is 11.2. The predicted molar refractivity (Wildman–Crippen MR) is 89.5 cm³/mol. The Bertz CT molecular complexity index is 444. The lowest BCUT2D eigenvalue weighted by Crippen LogP contribution is -2.57. The standard InChI is InChI=1S/C18H32N2O3/c1-16(2,3)23-15(21)20-14-5-7-18(20,8-6-14)13-19-17(4)9-11-22-12-10-17/h14,19H,5-13H2,1-4H3. The summed E-state index contributed by atoms with van der Waals surface area (Å²) in [6.07, 6.45) is 6.36. The van der Waals surface area contributed by atoms with Crippen LogP contribution in [0.5, 0.6) is 0 Å². The SMILES string of the molecule is CC1(NCC23CCC(CC2)N3C(=O)OC(C)(C)C)CCOCC1. The number of nitrogens with one attached hydrogen (secondary N) is 1. The van der Waals surface area contributed by atoms with Gasteiger partial charge in [-0.2, -0.15) is 0 Å². The monoisotopic (exact) mass is 324 g/mol. The first-order chi connectivity index (χ1) is 10.7. The van der Waals surface area contributed by atoms with Gasteiger partial charge in [-0.05, 0) is 66.2 Å². The Morgan fingerprint density at radius 3 is 2.39 bits per heavy atom. The Morgan fingerprint density at radius 1 is 1.22 bits per heavy atom. The average molecular weight is 324 g/mol. The number of nitrogens with zero attached hydrogens (tertiary/aromatic N) is 1. The van der Waals surface area contributed by atoms with E-state index >= 15 is 0 Å². The van der Waals surface area contributed by atoms with Gasteiger partial charge in [0.15, 0.2) is 0 Å². The van der Waals surface area contributed by atoms with Crippen LogP contribution in [0.1, 0.15) is 66.2 Å². The smallest absolute Gasteiger partial charge is 0.411 e. The molecule has 0 saturated carbocycles. The maximum atomic E-state index is 12.7. The third-order valence-corrected chi connectivity index (χ3v) is 5.79. The molecule has 0 atom stereocenters. The summed E-state index contributed by atoms with van der Waals surface area (Å²) in [5.74, 6) is 0. The van der Waals surface area contributed by atoms with Gasteiger partial charge in [0.05, 0.1) is 5.54 Å². The largest absolute Gasteiger partial charge is 0.444 e. The van der Waals surface area contributed by atoms with E-state index in [1.165, 1.54) is 0 Å². The third-order valence-electron chi connectivity index (χ3n) is 5.79. The molecule has 23 heavy (non-hydrogen) atoms. The Kier molecular flexibility index (Phi) is 4.38. The van der Waals surface area contributed by atoms with E-state index in [4.69, 9.17) is 9.47 Å². The summed E-state index contributed by atoms with van der Waals surface area (Å²) in [6, 6.07) is 0.370. The molecule has 0 radical (unpaired) electrons. The molecule has 3 saturated heterocycles. The molecule has 0 spiro atoms. The van der Waals surface area contributed by atoms with Crippen LogP contribution in [0.15, 0.2) is 0 Å². The van der Waals surface area contributed by atoms with E-state index in [9.17, 15) is 4.79 Å². The van der Waals surface area contributed by atoms with Crippen molar-refractivity contribution in [2.75, 3.05) is 19.8 Å². The molecular formula is C18H32N2O3. The maximum absolute atomic E-state index is 12.7. The molecule has 5 heteroatoms. The van der Waals surface area contributed by atoms with Crippen molar-refractivity contribution in [3.8, 4) is 0 Å². The Morgan fingerprint density at radius 2 is 1.83 bits per heavy atom. The van der Waals surface area contributed by atoms with Crippen LogP contribution in [0.25, 0.3) is 0 Å². The number of rotatable bonds is 3. The second-order valence-corrected chi connectivity index (χ2v) is 8.83. The van der Waals surface area contributed by atoms with E-state index < -0.39 is 5.60 Å². The molecule has 0 aromatic heterocycles. The van der Waals surface area contributed by atoms with E-state index in [-0.39, 0.29) is 17.2 Å². The van der Waals surface area contributed by atoms with E-state index in [2.05, 4.69) is 17.1 Å². The highest BCUT2D eigenvalue weighted by molar-refractivity contribution is 5.71. The van der Waals surface area contributed by atoms with Gasteiger partial charge in [0, 0.05) is 31.3 Å². The van der Waals surface area contributed by atoms with Crippen LogP contribution in [0, 0.1) is 0 Å². The summed E-state index contributed by atoms with van der Waals surface area (Å²) in [5, 5.41) is 3.78. The van der Waals surface area contributed by atoms with Crippen LogP contribution in [-0.2, 0) is 9.47 Å². The van der Waals surface area contributed by atoms with Crippen LogP contribution in [0.3, 0.4) is 0 Å². The third kappa shape index (κ3) is 3.50. The molecule has 1 amide bonds. The fraction of sp³-hybridized carbons (Fsp3) is 0.944. The molecule has 2 bridgehead atoms. The van der Waals surface area contributed by atoms with Gasteiger partial charge in [-0.1, -0.05) is 0 Å². The van der Waals surface area contributed by atoms with Gasteiger partial charge >= 0.3 is 6.09 Å². The second-order valence-electron chi connectivity index (χ2n) is 8.83. The normalized spacial score (nSPS) is 33.0. The number of amides is 1. The van der Waals surface area contributed by atoms with Crippen molar-refractivity contribution in [3.63, 3.8) is 0 Å². The molecule has 3 heterocycles. The minimum Gasteiger partial charge on any atom is -0.444 e. The number of carbonyl (C=O) groups is 1. The molecular weight excluding hydrogens is 292 g/mol. The molecule has 3 rings (SSSR count). The summed E-state index contributed by atoms with van der Waals surface area (Å²) >= 11 is 0. The summed E-state index contributed by atoms with van der Waals surface area (Å²) in [4.78, 5) is 14.8. The molecule has 0 aromatic carbocycles. The topological polar surface area (TPSA) is 50.8 Å². The summed E-state index contributed by atoms with van der Waals surface area (Å²) in [6.45, 7) is 10.6. The number of hydrogen-bond acceptors (Lipinski definition) is 4. The molecule has 1 N–H and O–H groups in total. The number of hydrogen-bond donors (Lipinski definition) is 1. The van der Waals surface area contributed by atoms with Crippen molar-refractivity contribution in [1.82, 2.24) is 10.2 Å². The molecule has 132 valence electrons. The van der Waals surface area contributed by atoms with Crippen molar-refractivity contribution >= 4 is 6.09 Å². The zero-order chi connectivity index (χ0) is 16.7. The molecule has 0 unspecified atom stereocenters. The zero-order valence-electron chi connectivity index (χ0n) is 15.1. The number of fused-ring (bicyclic) bond motifs is 2. The van der Waals surface area contributed by atoms with Gasteiger partial charge < -0.3 is 14.8 Å². The second kappa shape index (κ2) is 5.92. The van der Waals surface area contributed by atoms with Crippen LogP contribution in [-0.4, -0.2) is 53.5 Å². The van der Waals surface area contributed by atoms with E-state index in [0.717, 1.165) is 58.3 Å². The average Bonchev–Trinajstić information content (AvgIpc) is 3.00. The van der Waals surface area contributed by atoms with Crippen molar-refractivity contribution in [3.05, 3.63) is 0 Å². The highest BCUT2D eigenvalue weighted by Crippen LogP contribution is 2.47. The Hall–Kier alpha value is -0.810. The van der Waals surface area contributed by atoms with Gasteiger partial charge in [-0.3, -0.25) is 4.90 Å². The van der Waals surface area contributed by atoms with E-state index in [0.29, 0.717) is 6.04 Å². The predicted octanol–water partition coefficient (Wildman–Crippen LogP) is 3.08. The van der Waals surface area contributed by atoms with Gasteiger partial charge in [0.1, 0.15) is 5.60 Å². The maximum Gasteiger partial charge on any atom is 0.411 e. The fourth-order valence-corrected chi connectivity index (χ4v) is 4.32. The van der Waals surface area contributed by atoms with Crippen molar-refractivity contribution in [1.29, 1.82) is 0 Å². The molecule has 5 nitrogen and oxygen atoms in total. The Labute approximate surface area is 140 Å². The van der Waals surface area contributed by atoms with Crippen molar-refractivity contribution in [2.45, 2.75) is 88.9 Å². The summed E-state index contributed by atoms with van der Waals surface area (Å²) in [5.41, 5.74) is -0.345. The molecule has 3 fully saturated rings. The molecule has 0 aliphatic carbocycles. The molecule has 3 aliphatic heterocycles. The van der Waals surface area contributed by atoms with Crippen LogP contribution >= 0.6 is 0 Å². The zero-order valence-corrected chi connectivity index (χ0v) is 15.1. The van der Waals surface area contributed by atoms with Gasteiger partial charge in [0.25, 0.3) is 0 Å². The fourth-order valence-electron chi connectivity index (χ4n) is 4.32. The highest BCUT2D eigenvalue weighted by atomic mass is 16.6. The first kappa shape index (κ1) is 17.0. The van der Waals surface area contributed by atoms with E-state index in [1.54, 1.807) is 0 Å².